The van der Waals surface area contributed by atoms with Gasteiger partial charge in [-0.15, -0.1) is 0 Å². The number of hydrogen-bond donors (Lipinski definition) is 1. The maximum Gasteiger partial charge on any atom is 0.330 e. The van der Waals surface area contributed by atoms with E-state index in [4.69, 9.17) is 4.74 Å². The predicted octanol–water partition coefficient (Wildman–Crippen LogP) is 6.67. The second-order valence-electron chi connectivity index (χ2n) is 11.5. The van der Waals surface area contributed by atoms with Gasteiger partial charge in [0, 0.05) is 38.1 Å². The molecule has 3 aromatic carbocycles. The zero-order valence-corrected chi connectivity index (χ0v) is 24.9. The van der Waals surface area contributed by atoms with Crippen LogP contribution < -0.4 is 10.2 Å². The molecule has 0 aromatic heterocycles. The fourth-order valence-electron chi connectivity index (χ4n) is 5.40. The quantitative estimate of drug-likeness (QED) is 0.212. The van der Waals surface area contributed by atoms with Crippen LogP contribution in [0, 0.1) is 5.41 Å². The maximum absolute atomic E-state index is 13.8. The molecule has 1 fully saturated rings. The SMILES string of the molecule is CN(C)CCOC(=O)/C=C/c1cccc(NC(=O)C2(Cc3ccc(-c4ccc(N(C)C)cc4)cc3)CCCCC2)c1. The van der Waals surface area contributed by atoms with Gasteiger partial charge in [-0.25, -0.2) is 4.79 Å². The van der Waals surface area contributed by atoms with Crippen molar-refractivity contribution >= 4 is 29.3 Å². The Hall–Kier alpha value is -3.90. The molecule has 0 saturated heterocycles. The Balaban J connectivity index is 1.43. The summed E-state index contributed by atoms with van der Waals surface area (Å²) in [6.07, 6.45) is 8.92. The number of carbonyl (C=O) groups is 2. The van der Waals surface area contributed by atoms with E-state index < -0.39 is 5.41 Å². The lowest BCUT2D eigenvalue weighted by Gasteiger charge is -2.36. The van der Waals surface area contributed by atoms with Crippen molar-refractivity contribution in [3.05, 3.63) is 90.0 Å². The molecule has 1 saturated carbocycles. The van der Waals surface area contributed by atoms with Crippen LogP contribution in [0.25, 0.3) is 17.2 Å². The monoisotopic (exact) mass is 553 g/mol. The Bertz CT molecular complexity index is 1320. The number of nitrogens with zero attached hydrogens (tertiary/aromatic N) is 2. The van der Waals surface area contributed by atoms with Crippen LogP contribution in [0.1, 0.15) is 43.2 Å². The van der Waals surface area contributed by atoms with Gasteiger partial charge < -0.3 is 19.9 Å². The highest BCUT2D eigenvalue weighted by Gasteiger charge is 2.39. The van der Waals surface area contributed by atoms with Crippen LogP contribution in [0.5, 0.6) is 0 Å². The van der Waals surface area contributed by atoms with Gasteiger partial charge in [0.05, 0.1) is 5.41 Å². The van der Waals surface area contributed by atoms with Gasteiger partial charge in [0.15, 0.2) is 0 Å². The van der Waals surface area contributed by atoms with E-state index >= 15 is 0 Å². The number of rotatable bonds is 11. The summed E-state index contributed by atoms with van der Waals surface area (Å²) in [4.78, 5) is 29.9. The zero-order chi connectivity index (χ0) is 29.2. The number of nitrogens with one attached hydrogen (secondary N) is 1. The molecule has 1 amide bonds. The van der Waals surface area contributed by atoms with Crippen molar-refractivity contribution in [2.45, 2.75) is 38.5 Å². The number of ether oxygens (including phenoxy) is 1. The molecule has 216 valence electrons. The Labute approximate surface area is 245 Å². The van der Waals surface area contributed by atoms with E-state index in [0.29, 0.717) is 13.2 Å². The molecule has 0 heterocycles. The number of amides is 1. The van der Waals surface area contributed by atoms with Crippen molar-refractivity contribution in [1.29, 1.82) is 0 Å². The summed E-state index contributed by atoms with van der Waals surface area (Å²) >= 11 is 0. The van der Waals surface area contributed by atoms with Gasteiger partial charge in [0.25, 0.3) is 0 Å². The van der Waals surface area contributed by atoms with Crippen LogP contribution in [0.2, 0.25) is 0 Å². The Kier molecular flexibility index (Phi) is 10.4. The third-order valence-corrected chi connectivity index (χ3v) is 7.84. The molecule has 6 heteroatoms. The first-order valence-corrected chi connectivity index (χ1v) is 14.5. The number of esters is 1. The van der Waals surface area contributed by atoms with E-state index in [9.17, 15) is 9.59 Å². The fraction of sp³-hybridized carbons (Fsp3) is 0.371. The van der Waals surface area contributed by atoms with Gasteiger partial charge in [-0.3, -0.25) is 4.79 Å². The summed E-state index contributed by atoms with van der Waals surface area (Å²) in [6, 6.07) is 24.8. The highest BCUT2D eigenvalue weighted by molar-refractivity contribution is 5.96. The highest BCUT2D eigenvalue weighted by atomic mass is 16.5. The van der Waals surface area contributed by atoms with Crippen molar-refractivity contribution in [2.75, 3.05) is 51.6 Å². The Morgan fingerprint density at radius 3 is 2.17 bits per heavy atom. The van der Waals surface area contributed by atoms with Crippen LogP contribution in [0.3, 0.4) is 0 Å². The van der Waals surface area contributed by atoms with Gasteiger partial charge in [0.1, 0.15) is 6.61 Å². The summed E-state index contributed by atoms with van der Waals surface area (Å²) in [5, 5.41) is 3.20. The van der Waals surface area contributed by atoms with Gasteiger partial charge in [-0.2, -0.15) is 0 Å². The number of hydrogen-bond acceptors (Lipinski definition) is 5. The average Bonchev–Trinajstić information content (AvgIpc) is 2.97. The Morgan fingerprint density at radius 2 is 1.54 bits per heavy atom. The molecule has 0 atom stereocenters. The van der Waals surface area contributed by atoms with Gasteiger partial charge >= 0.3 is 5.97 Å². The molecule has 0 radical (unpaired) electrons. The number of benzene rings is 3. The summed E-state index contributed by atoms with van der Waals surface area (Å²) < 4.78 is 5.23. The molecular formula is C35H43N3O3. The average molecular weight is 554 g/mol. The molecule has 0 unspecified atom stereocenters. The first kappa shape index (κ1) is 30.1. The van der Waals surface area contributed by atoms with Crippen LogP contribution in [0.15, 0.2) is 78.9 Å². The predicted molar refractivity (Wildman–Crippen MR) is 169 cm³/mol. The van der Waals surface area contributed by atoms with Gasteiger partial charge in [-0.1, -0.05) is 67.8 Å². The van der Waals surface area contributed by atoms with Crippen molar-refractivity contribution in [2.24, 2.45) is 5.41 Å². The molecule has 3 aromatic rings. The lowest BCUT2D eigenvalue weighted by atomic mass is 9.69. The second kappa shape index (κ2) is 14.1. The first-order chi connectivity index (χ1) is 19.7. The van der Waals surface area contributed by atoms with E-state index in [1.165, 1.54) is 34.9 Å². The van der Waals surface area contributed by atoms with Crippen molar-refractivity contribution in [3.63, 3.8) is 0 Å². The van der Waals surface area contributed by atoms with Gasteiger partial charge in [-0.05, 0) is 86.0 Å². The largest absolute Gasteiger partial charge is 0.461 e. The van der Waals surface area contributed by atoms with E-state index in [2.05, 4.69) is 58.7 Å². The van der Waals surface area contributed by atoms with Crippen molar-refractivity contribution < 1.29 is 14.3 Å². The number of anilines is 2. The van der Waals surface area contributed by atoms with Crippen LogP contribution >= 0.6 is 0 Å². The summed E-state index contributed by atoms with van der Waals surface area (Å²) in [7, 11) is 7.95. The smallest absolute Gasteiger partial charge is 0.330 e. The minimum Gasteiger partial charge on any atom is -0.461 e. The van der Waals surface area contributed by atoms with Gasteiger partial charge in [0.2, 0.25) is 5.91 Å². The molecule has 4 rings (SSSR count). The second-order valence-corrected chi connectivity index (χ2v) is 11.5. The standard InChI is InChI=1S/C35H43N3O3/c1-37(2)23-24-41-33(39)20-13-27-9-8-10-31(25-27)36-34(40)35(21-6-5-7-22-35)26-28-11-14-29(15-12-28)30-16-18-32(19-17-30)38(3)4/h8-20,25H,5-7,21-24,26H2,1-4H3,(H,36,40)/b20-13+. The number of likely N-dealkylation sites (N-methyl/N-ethyl adjacent to an activating group) is 1. The molecular weight excluding hydrogens is 510 g/mol. The molecule has 1 aliphatic carbocycles. The van der Waals surface area contributed by atoms with Crippen LogP contribution in [-0.4, -0.2) is 58.1 Å². The molecule has 0 bridgehead atoms. The highest BCUT2D eigenvalue weighted by Crippen LogP contribution is 2.41. The minimum atomic E-state index is -0.435. The van der Waals surface area contributed by atoms with E-state index in [-0.39, 0.29) is 11.9 Å². The summed E-state index contributed by atoms with van der Waals surface area (Å²) in [5.74, 6) is -0.302. The third-order valence-electron chi connectivity index (χ3n) is 7.84. The van der Waals surface area contributed by atoms with Crippen LogP contribution in [-0.2, 0) is 20.7 Å². The molecule has 1 N–H and O–H groups in total. The Morgan fingerprint density at radius 1 is 0.878 bits per heavy atom. The molecule has 0 aliphatic heterocycles. The molecule has 6 nitrogen and oxygen atoms in total. The van der Waals surface area contributed by atoms with Crippen LogP contribution in [0.4, 0.5) is 11.4 Å². The molecule has 41 heavy (non-hydrogen) atoms. The summed E-state index contributed by atoms with van der Waals surface area (Å²) in [6.45, 7) is 1.03. The topological polar surface area (TPSA) is 61.9 Å². The lowest BCUT2D eigenvalue weighted by Crippen LogP contribution is -2.40. The fourth-order valence-corrected chi connectivity index (χ4v) is 5.40. The zero-order valence-electron chi connectivity index (χ0n) is 24.9. The van der Waals surface area contributed by atoms with E-state index in [1.807, 2.05) is 57.4 Å². The third kappa shape index (κ3) is 8.54. The first-order valence-electron chi connectivity index (χ1n) is 14.5. The van der Waals surface area contributed by atoms with E-state index in [0.717, 1.165) is 43.4 Å². The molecule has 1 aliphatic rings. The molecule has 0 spiro atoms. The van der Waals surface area contributed by atoms with Crippen molar-refractivity contribution in [1.82, 2.24) is 4.90 Å². The number of carbonyl (C=O) groups excluding carboxylic acids is 2. The maximum atomic E-state index is 13.8. The lowest BCUT2D eigenvalue weighted by molar-refractivity contribution is -0.138. The normalized spacial score (nSPS) is 14.7. The van der Waals surface area contributed by atoms with Crippen molar-refractivity contribution in [3.8, 4) is 11.1 Å². The van der Waals surface area contributed by atoms with E-state index in [1.54, 1.807) is 6.08 Å². The minimum absolute atomic E-state index is 0.0739. The summed E-state index contributed by atoms with van der Waals surface area (Å²) in [5.41, 5.74) is 5.85.